The standard InChI is InChI=1S/C28H55NO3/c1-25(2)20-16-13-11-9-7-5-6-8-10-12-14-17-21-27(30)29-23-19-15-18-22-28(31)32-24-26(3)4/h25-26H,5-24H2,1-4H3,(H,29,30). The fourth-order valence-electron chi connectivity index (χ4n) is 3.83. The van der Waals surface area contributed by atoms with Gasteiger partial charge in [-0.2, -0.15) is 0 Å². The van der Waals surface area contributed by atoms with E-state index in [1.54, 1.807) is 0 Å². The molecular formula is C28H55NO3. The van der Waals surface area contributed by atoms with Crippen molar-refractivity contribution in [1.82, 2.24) is 5.32 Å². The molecule has 0 fully saturated rings. The molecule has 32 heavy (non-hydrogen) atoms. The molecule has 4 heteroatoms. The molecule has 0 aromatic heterocycles. The van der Waals surface area contributed by atoms with E-state index in [0.29, 0.717) is 25.4 Å². The number of esters is 1. The zero-order chi connectivity index (χ0) is 23.9. The molecule has 190 valence electrons. The van der Waals surface area contributed by atoms with Crippen molar-refractivity contribution in [3.63, 3.8) is 0 Å². The van der Waals surface area contributed by atoms with Gasteiger partial charge in [0, 0.05) is 19.4 Å². The first-order chi connectivity index (χ1) is 15.4. The Kier molecular flexibility index (Phi) is 22.3. The molecule has 0 radical (unpaired) electrons. The molecule has 0 bridgehead atoms. The molecule has 0 spiro atoms. The van der Waals surface area contributed by atoms with Gasteiger partial charge in [-0.3, -0.25) is 9.59 Å². The van der Waals surface area contributed by atoms with Gasteiger partial charge in [-0.15, -0.1) is 0 Å². The van der Waals surface area contributed by atoms with Crippen LogP contribution in [0.15, 0.2) is 0 Å². The van der Waals surface area contributed by atoms with Crippen LogP contribution in [0.4, 0.5) is 0 Å². The molecule has 0 aliphatic heterocycles. The van der Waals surface area contributed by atoms with Crippen molar-refractivity contribution in [2.75, 3.05) is 13.2 Å². The summed E-state index contributed by atoms with van der Waals surface area (Å²) in [5, 5.41) is 3.00. The summed E-state index contributed by atoms with van der Waals surface area (Å²) in [4.78, 5) is 23.4. The van der Waals surface area contributed by atoms with Crippen molar-refractivity contribution in [3.8, 4) is 0 Å². The van der Waals surface area contributed by atoms with Crippen molar-refractivity contribution in [2.45, 2.75) is 143 Å². The Hall–Kier alpha value is -1.06. The highest BCUT2D eigenvalue weighted by atomic mass is 16.5. The van der Waals surface area contributed by atoms with Gasteiger partial charge in [0.1, 0.15) is 0 Å². The second-order valence-electron chi connectivity index (χ2n) is 10.4. The minimum Gasteiger partial charge on any atom is -0.465 e. The highest BCUT2D eigenvalue weighted by molar-refractivity contribution is 5.75. The van der Waals surface area contributed by atoms with Crippen LogP contribution in [0.25, 0.3) is 0 Å². The number of ether oxygens (including phenoxy) is 1. The van der Waals surface area contributed by atoms with Crippen molar-refractivity contribution in [3.05, 3.63) is 0 Å². The van der Waals surface area contributed by atoms with Crippen molar-refractivity contribution in [1.29, 1.82) is 0 Å². The molecule has 0 aliphatic carbocycles. The van der Waals surface area contributed by atoms with Crippen LogP contribution in [-0.4, -0.2) is 25.0 Å². The number of carbonyl (C=O) groups excluding carboxylic acids is 2. The number of unbranched alkanes of at least 4 members (excludes halogenated alkanes) is 13. The van der Waals surface area contributed by atoms with E-state index in [1.165, 1.54) is 77.0 Å². The number of carbonyl (C=O) groups is 2. The Morgan fingerprint density at radius 1 is 0.594 bits per heavy atom. The van der Waals surface area contributed by atoms with E-state index in [9.17, 15) is 9.59 Å². The second kappa shape index (κ2) is 23.1. The highest BCUT2D eigenvalue weighted by Crippen LogP contribution is 2.14. The minimum absolute atomic E-state index is 0.102. The lowest BCUT2D eigenvalue weighted by atomic mass is 10.0. The van der Waals surface area contributed by atoms with Crippen LogP contribution >= 0.6 is 0 Å². The molecule has 0 aliphatic rings. The third kappa shape index (κ3) is 25.2. The van der Waals surface area contributed by atoms with Crippen LogP contribution in [0.5, 0.6) is 0 Å². The van der Waals surface area contributed by atoms with E-state index in [0.717, 1.165) is 38.1 Å². The van der Waals surface area contributed by atoms with Gasteiger partial charge in [0.25, 0.3) is 0 Å². The summed E-state index contributed by atoms with van der Waals surface area (Å²) in [5.74, 6) is 1.32. The number of hydrogen-bond acceptors (Lipinski definition) is 3. The Labute approximate surface area is 200 Å². The summed E-state index contributed by atoms with van der Waals surface area (Å²) < 4.78 is 5.16. The fourth-order valence-corrected chi connectivity index (χ4v) is 3.83. The Bertz CT molecular complexity index is 434. The topological polar surface area (TPSA) is 55.4 Å². The molecular weight excluding hydrogens is 398 g/mol. The summed E-state index contributed by atoms with van der Waals surface area (Å²) in [5.41, 5.74) is 0. The Balaban J connectivity index is 3.24. The van der Waals surface area contributed by atoms with E-state index in [1.807, 2.05) is 13.8 Å². The lowest BCUT2D eigenvalue weighted by molar-refractivity contribution is -0.144. The Morgan fingerprint density at radius 3 is 1.59 bits per heavy atom. The molecule has 0 saturated heterocycles. The zero-order valence-corrected chi connectivity index (χ0v) is 22.0. The summed E-state index contributed by atoms with van der Waals surface area (Å²) in [6.07, 6.45) is 21.2. The summed E-state index contributed by atoms with van der Waals surface area (Å²) in [6.45, 7) is 9.93. The van der Waals surface area contributed by atoms with Crippen molar-refractivity contribution < 1.29 is 14.3 Å². The molecule has 1 N–H and O–H groups in total. The number of hydrogen-bond donors (Lipinski definition) is 1. The summed E-state index contributed by atoms with van der Waals surface area (Å²) in [6, 6.07) is 0. The van der Waals surface area contributed by atoms with E-state index in [2.05, 4.69) is 19.2 Å². The average Bonchev–Trinajstić information content (AvgIpc) is 2.74. The number of amides is 1. The Morgan fingerprint density at radius 2 is 1.06 bits per heavy atom. The van der Waals surface area contributed by atoms with Gasteiger partial charge in [-0.1, -0.05) is 111 Å². The second-order valence-corrected chi connectivity index (χ2v) is 10.4. The maximum absolute atomic E-state index is 11.9. The van der Waals surface area contributed by atoms with E-state index < -0.39 is 0 Å². The summed E-state index contributed by atoms with van der Waals surface area (Å²) in [7, 11) is 0. The quantitative estimate of drug-likeness (QED) is 0.126. The first-order valence-corrected chi connectivity index (χ1v) is 13.8. The third-order valence-electron chi connectivity index (χ3n) is 5.89. The van der Waals surface area contributed by atoms with Gasteiger partial charge < -0.3 is 10.1 Å². The maximum atomic E-state index is 11.9. The molecule has 0 unspecified atom stereocenters. The predicted molar refractivity (Wildman–Crippen MR) is 137 cm³/mol. The SMILES string of the molecule is CC(C)CCCCCCCCCCCCCCC(=O)NCCCCCC(=O)OCC(C)C. The molecule has 0 saturated carbocycles. The van der Waals surface area contributed by atoms with E-state index >= 15 is 0 Å². The molecule has 0 heterocycles. The number of rotatable bonds is 23. The maximum Gasteiger partial charge on any atom is 0.305 e. The smallest absolute Gasteiger partial charge is 0.305 e. The normalized spacial score (nSPS) is 11.3. The third-order valence-corrected chi connectivity index (χ3v) is 5.89. The van der Waals surface area contributed by atoms with E-state index in [4.69, 9.17) is 4.74 Å². The average molecular weight is 454 g/mol. The van der Waals surface area contributed by atoms with Gasteiger partial charge in [-0.25, -0.2) is 0 Å². The van der Waals surface area contributed by atoms with Crippen molar-refractivity contribution in [2.24, 2.45) is 11.8 Å². The lowest BCUT2D eigenvalue weighted by Crippen LogP contribution is -2.24. The van der Waals surface area contributed by atoms with Gasteiger partial charge in [0.2, 0.25) is 5.91 Å². The minimum atomic E-state index is -0.102. The molecule has 0 aromatic rings. The monoisotopic (exact) mass is 453 g/mol. The molecule has 0 atom stereocenters. The molecule has 0 aromatic carbocycles. The van der Waals surface area contributed by atoms with E-state index in [-0.39, 0.29) is 11.9 Å². The van der Waals surface area contributed by atoms with Crippen LogP contribution in [0.1, 0.15) is 143 Å². The first-order valence-electron chi connectivity index (χ1n) is 13.8. The first kappa shape index (κ1) is 30.9. The van der Waals surface area contributed by atoms with Crippen LogP contribution in [-0.2, 0) is 14.3 Å². The largest absolute Gasteiger partial charge is 0.465 e. The van der Waals surface area contributed by atoms with Crippen LogP contribution < -0.4 is 5.32 Å². The fraction of sp³-hybridized carbons (Fsp3) is 0.929. The van der Waals surface area contributed by atoms with Crippen LogP contribution in [0.3, 0.4) is 0 Å². The van der Waals surface area contributed by atoms with Gasteiger partial charge in [0.05, 0.1) is 6.61 Å². The van der Waals surface area contributed by atoms with Crippen molar-refractivity contribution >= 4 is 11.9 Å². The lowest BCUT2D eigenvalue weighted by Gasteiger charge is -2.07. The number of nitrogens with one attached hydrogen (secondary N) is 1. The highest BCUT2D eigenvalue weighted by Gasteiger charge is 2.05. The van der Waals surface area contributed by atoms with Gasteiger partial charge in [-0.05, 0) is 31.1 Å². The molecule has 4 nitrogen and oxygen atoms in total. The molecule has 0 rings (SSSR count). The van der Waals surface area contributed by atoms with Gasteiger partial charge in [0.15, 0.2) is 0 Å². The predicted octanol–water partition coefficient (Wildman–Crippen LogP) is 7.98. The van der Waals surface area contributed by atoms with Crippen LogP contribution in [0, 0.1) is 11.8 Å². The van der Waals surface area contributed by atoms with Gasteiger partial charge >= 0.3 is 5.97 Å². The summed E-state index contributed by atoms with van der Waals surface area (Å²) >= 11 is 0. The zero-order valence-electron chi connectivity index (χ0n) is 22.0. The molecule has 1 amide bonds. The van der Waals surface area contributed by atoms with Crippen LogP contribution in [0.2, 0.25) is 0 Å².